The molecule has 2 N–H and O–H groups in total. The van der Waals surface area contributed by atoms with Crippen LogP contribution in [0.25, 0.3) is 0 Å². The van der Waals surface area contributed by atoms with Crippen molar-refractivity contribution < 1.29 is 9.84 Å². The van der Waals surface area contributed by atoms with Gasteiger partial charge in [-0.25, -0.2) is 0 Å². The van der Waals surface area contributed by atoms with Crippen LogP contribution in [0, 0.1) is 11.3 Å². The number of nitrogens with one attached hydrogen (secondary N) is 1. The molecule has 1 aromatic rings. The Balaban J connectivity index is 2.38. The number of ether oxygens (including phenoxy) is 1. The van der Waals surface area contributed by atoms with Gasteiger partial charge in [0.15, 0.2) is 0 Å². The van der Waals surface area contributed by atoms with Crippen LogP contribution >= 0.6 is 0 Å². The summed E-state index contributed by atoms with van der Waals surface area (Å²) in [6.07, 6.45) is 0.441. The maximum atomic E-state index is 9.75. The van der Waals surface area contributed by atoms with E-state index in [0.717, 1.165) is 6.42 Å². The van der Waals surface area contributed by atoms with E-state index in [-0.39, 0.29) is 6.61 Å². The molecule has 0 aliphatic carbocycles. The molecule has 2 unspecified atom stereocenters. The van der Waals surface area contributed by atoms with E-state index in [1.54, 1.807) is 24.3 Å². The molecule has 1 rings (SSSR count). The van der Waals surface area contributed by atoms with Gasteiger partial charge < -0.3 is 15.2 Å². The molecule has 0 radical (unpaired) electrons. The van der Waals surface area contributed by atoms with E-state index in [1.807, 2.05) is 0 Å². The number of hydrogen-bond acceptors (Lipinski definition) is 4. The van der Waals surface area contributed by atoms with E-state index in [9.17, 15) is 5.11 Å². The lowest BCUT2D eigenvalue weighted by molar-refractivity contribution is 0.104. The summed E-state index contributed by atoms with van der Waals surface area (Å²) in [6.45, 7) is 4.83. The summed E-state index contributed by atoms with van der Waals surface area (Å²) in [4.78, 5) is 0. The van der Waals surface area contributed by atoms with Crippen LogP contribution in [0.15, 0.2) is 24.3 Å². The second-order valence-corrected chi connectivity index (χ2v) is 4.29. The Morgan fingerprint density at radius 1 is 1.44 bits per heavy atom. The van der Waals surface area contributed by atoms with Crippen molar-refractivity contribution in [3.8, 4) is 11.8 Å². The van der Waals surface area contributed by atoms with Gasteiger partial charge >= 0.3 is 0 Å². The van der Waals surface area contributed by atoms with E-state index < -0.39 is 6.10 Å². The number of para-hydroxylation sites is 1. The molecule has 1 aromatic carbocycles. The van der Waals surface area contributed by atoms with Gasteiger partial charge in [-0.3, -0.25) is 0 Å². The van der Waals surface area contributed by atoms with Crippen LogP contribution in [0.3, 0.4) is 0 Å². The number of aliphatic hydroxyl groups is 1. The predicted octanol–water partition coefficient (Wildman–Crippen LogP) is 1.69. The Kier molecular flexibility index (Phi) is 6.20. The topological polar surface area (TPSA) is 65.3 Å². The fourth-order valence-corrected chi connectivity index (χ4v) is 1.41. The lowest BCUT2D eigenvalue weighted by Gasteiger charge is -2.16. The van der Waals surface area contributed by atoms with Crippen LogP contribution in [0.5, 0.6) is 5.75 Å². The van der Waals surface area contributed by atoms with E-state index in [4.69, 9.17) is 10.00 Å². The van der Waals surface area contributed by atoms with E-state index in [0.29, 0.717) is 23.9 Å². The second-order valence-electron chi connectivity index (χ2n) is 4.29. The van der Waals surface area contributed by atoms with Gasteiger partial charge in [0, 0.05) is 12.6 Å². The predicted molar refractivity (Wildman–Crippen MR) is 70.4 cm³/mol. The first-order valence-corrected chi connectivity index (χ1v) is 6.20. The highest BCUT2D eigenvalue weighted by atomic mass is 16.5. The maximum absolute atomic E-state index is 9.75. The molecule has 0 bridgehead atoms. The molecule has 0 aliphatic heterocycles. The SMILES string of the molecule is CCC(C)NCC(O)COc1ccccc1C#N. The van der Waals surface area contributed by atoms with Crippen LogP contribution in [0.2, 0.25) is 0 Å². The molecular weight excluding hydrogens is 228 g/mol. The van der Waals surface area contributed by atoms with Crippen molar-refractivity contribution in [3.05, 3.63) is 29.8 Å². The highest BCUT2D eigenvalue weighted by molar-refractivity contribution is 5.42. The largest absolute Gasteiger partial charge is 0.489 e. The van der Waals surface area contributed by atoms with Gasteiger partial charge in [0.05, 0.1) is 5.56 Å². The Hall–Kier alpha value is -1.57. The minimum atomic E-state index is -0.578. The van der Waals surface area contributed by atoms with E-state index >= 15 is 0 Å². The summed E-state index contributed by atoms with van der Waals surface area (Å²) >= 11 is 0. The molecule has 4 heteroatoms. The zero-order chi connectivity index (χ0) is 13.4. The number of nitriles is 1. The van der Waals surface area contributed by atoms with Gasteiger partial charge in [-0.05, 0) is 25.5 Å². The van der Waals surface area contributed by atoms with Crippen molar-refractivity contribution >= 4 is 0 Å². The smallest absolute Gasteiger partial charge is 0.137 e. The number of rotatable bonds is 7. The molecule has 0 spiro atoms. The summed E-state index contributed by atoms with van der Waals surface area (Å²) in [6, 6.07) is 9.45. The zero-order valence-corrected chi connectivity index (χ0v) is 10.9. The Bertz CT molecular complexity index is 401. The molecule has 0 saturated heterocycles. The highest BCUT2D eigenvalue weighted by Crippen LogP contribution is 2.16. The zero-order valence-electron chi connectivity index (χ0n) is 10.9. The Morgan fingerprint density at radius 3 is 2.83 bits per heavy atom. The number of benzene rings is 1. The number of nitrogens with zero attached hydrogens (tertiary/aromatic N) is 1. The van der Waals surface area contributed by atoms with Gasteiger partial charge in [-0.2, -0.15) is 5.26 Å². The summed E-state index contributed by atoms with van der Waals surface area (Å²) in [5, 5.41) is 21.8. The summed E-state index contributed by atoms with van der Waals surface area (Å²) < 4.78 is 5.44. The number of hydrogen-bond donors (Lipinski definition) is 2. The normalized spacial score (nSPS) is 13.7. The first kappa shape index (κ1) is 14.5. The fourth-order valence-electron chi connectivity index (χ4n) is 1.41. The minimum Gasteiger partial charge on any atom is -0.489 e. The van der Waals surface area contributed by atoms with Crippen LogP contribution in [0.4, 0.5) is 0 Å². The molecule has 0 heterocycles. The first-order chi connectivity index (χ1) is 8.67. The van der Waals surface area contributed by atoms with Crippen molar-refractivity contribution in [2.24, 2.45) is 0 Å². The summed E-state index contributed by atoms with van der Waals surface area (Å²) in [5.74, 6) is 0.516. The lowest BCUT2D eigenvalue weighted by atomic mass is 10.2. The molecule has 0 aliphatic rings. The first-order valence-electron chi connectivity index (χ1n) is 6.20. The van der Waals surface area contributed by atoms with E-state index in [1.165, 1.54) is 0 Å². The Morgan fingerprint density at radius 2 is 2.17 bits per heavy atom. The third kappa shape index (κ3) is 4.74. The third-order valence-corrected chi connectivity index (χ3v) is 2.75. The van der Waals surface area contributed by atoms with Gasteiger partial charge in [0.1, 0.15) is 24.5 Å². The van der Waals surface area contributed by atoms with Gasteiger partial charge in [-0.15, -0.1) is 0 Å². The molecule has 0 aromatic heterocycles. The van der Waals surface area contributed by atoms with Crippen LogP contribution in [-0.4, -0.2) is 30.4 Å². The number of aliphatic hydroxyl groups excluding tert-OH is 1. The molecule has 98 valence electrons. The van der Waals surface area contributed by atoms with Crippen molar-refractivity contribution in [2.75, 3.05) is 13.2 Å². The van der Waals surface area contributed by atoms with Crippen molar-refractivity contribution in [1.29, 1.82) is 5.26 Å². The molecule has 0 saturated carbocycles. The Labute approximate surface area is 108 Å². The fraction of sp³-hybridized carbons (Fsp3) is 0.500. The van der Waals surface area contributed by atoms with Crippen molar-refractivity contribution in [2.45, 2.75) is 32.4 Å². The van der Waals surface area contributed by atoms with Gasteiger partial charge in [0.25, 0.3) is 0 Å². The monoisotopic (exact) mass is 248 g/mol. The molecule has 2 atom stereocenters. The molecule has 4 nitrogen and oxygen atoms in total. The van der Waals surface area contributed by atoms with Crippen LogP contribution < -0.4 is 10.1 Å². The van der Waals surface area contributed by atoms with Crippen LogP contribution in [-0.2, 0) is 0 Å². The quantitative estimate of drug-likeness (QED) is 0.770. The van der Waals surface area contributed by atoms with E-state index in [2.05, 4.69) is 25.2 Å². The second kappa shape index (κ2) is 7.70. The summed E-state index contributed by atoms with van der Waals surface area (Å²) in [7, 11) is 0. The van der Waals surface area contributed by atoms with Gasteiger partial charge in [0.2, 0.25) is 0 Å². The maximum Gasteiger partial charge on any atom is 0.137 e. The molecular formula is C14H20N2O2. The average Bonchev–Trinajstić information content (AvgIpc) is 2.42. The average molecular weight is 248 g/mol. The standard InChI is InChI=1S/C14H20N2O2/c1-3-11(2)16-9-13(17)10-18-14-7-5-4-6-12(14)8-15/h4-7,11,13,16-17H,3,9-10H2,1-2H3. The van der Waals surface area contributed by atoms with Crippen molar-refractivity contribution in [3.63, 3.8) is 0 Å². The molecule has 0 amide bonds. The highest BCUT2D eigenvalue weighted by Gasteiger charge is 2.08. The molecule has 18 heavy (non-hydrogen) atoms. The minimum absolute atomic E-state index is 0.183. The van der Waals surface area contributed by atoms with Gasteiger partial charge in [-0.1, -0.05) is 19.1 Å². The summed E-state index contributed by atoms with van der Waals surface area (Å²) in [5.41, 5.74) is 0.486. The van der Waals surface area contributed by atoms with Crippen molar-refractivity contribution in [1.82, 2.24) is 5.32 Å². The van der Waals surface area contributed by atoms with Crippen LogP contribution in [0.1, 0.15) is 25.8 Å². The molecule has 0 fully saturated rings. The lowest BCUT2D eigenvalue weighted by Crippen LogP contribution is -2.36. The third-order valence-electron chi connectivity index (χ3n) is 2.75.